The first kappa shape index (κ1) is 12.2. The summed E-state index contributed by atoms with van der Waals surface area (Å²) in [6.45, 7) is 3.79. The highest BCUT2D eigenvalue weighted by atomic mass is 16.5. The molecule has 4 nitrogen and oxygen atoms in total. The van der Waals surface area contributed by atoms with Gasteiger partial charge in [0.2, 0.25) is 5.91 Å². The van der Waals surface area contributed by atoms with Crippen molar-refractivity contribution in [2.24, 2.45) is 0 Å². The fourth-order valence-corrected chi connectivity index (χ4v) is 1.17. The maximum absolute atomic E-state index is 11.4. The Kier molecular flexibility index (Phi) is 4.51. The third-order valence-corrected chi connectivity index (χ3v) is 1.88. The molecule has 86 valence electrons. The van der Waals surface area contributed by atoms with E-state index in [-0.39, 0.29) is 11.9 Å². The van der Waals surface area contributed by atoms with Crippen LogP contribution in [0.5, 0.6) is 0 Å². The minimum Gasteiger partial charge on any atom is -0.462 e. The first-order valence-corrected chi connectivity index (χ1v) is 5.18. The Hall–Kier alpha value is -1.84. The summed E-state index contributed by atoms with van der Waals surface area (Å²) in [6, 6.07) is 6.60. The van der Waals surface area contributed by atoms with Gasteiger partial charge in [0.05, 0.1) is 12.2 Å². The second-order valence-electron chi connectivity index (χ2n) is 3.39. The van der Waals surface area contributed by atoms with E-state index in [4.69, 9.17) is 4.74 Å². The maximum atomic E-state index is 11.4. The smallest absolute Gasteiger partial charge is 0.338 e. The van der Waals surface area contributed by atoms with Crippen molar-refractivity contribution in [1.82, 2.24) is 0 Å². The number of hydrogen-bond donors (Lipinski definition) is 1. The van der Waals surface area contributed by atoms with Crippen LogP contribution in [0.15, 0.2) is 24.3 Å². The summed E-state index contributed by atoms with van der Waals surface area (Å²) in [7, 11) is 0. The number of benzene rings is 1. The van der Waals surface area contributed by atoms with Crippen LogP contribution < -0.4 is 5.32 Å². The van der Waals surface area contributed by atoms with Crippen LogP contribution in [0.4, 0.5) is 5.69 Å². The lowest BCUT2D eigenvalue weighted by molar-refractivity contribution is -0.114. The zero-order chi connectivity index (χ0) is 12.0. The molecule has 0 unspecified atom stereocenters. The van der Waals surface area contributed by atoms with E-state index >= 15 is 0 Å². The van der Waals surface area contributed by atoms with Crippen LogP contribution in [0.1, 0.15) is 30.6 Å². The normalized spacial score (nSPS) is 9.62. The van der Waals surface area contributed by atoms with Crippen LogP contribution in [-0.2, 0) is 9.53 Å². The molecular weight excluding hydrogens is 206 g/mol. The van der Waals surface area contributed by atoms with E-state index in [1.807, 2.05) is 6.92 Å². The number of amides is 1. The van der Waals surface area contributed by atoms with Gasteiger partial charge in [0.15, 0.2) is 0 Å². The van der Waals surface area contributed by atoms with E-state index in [1.54, 1.807) is 24.3 Å². The predicted molar refractivity (Wildman–Crippen MR) is 61.3 cm³/mol. The molecule has 4 heteroatoms. The van der Waals surface area contributed by atoms with Crippen LogP contribution in [0, 0.1) is 0 Å². The summed E-state index contributed by atoms with van der Waals surface area (Å²) in [6.07, 6.45) is 0.801. The summed E-state index contributed by atoms with van der Waals surface area (Å²) in [5.41, 5.74) is 1.15. The molecule has 1 aromatic rings. The van der Waals surface area contributed by atoms with Crippen LogP contribution in [-0.4, -0.2) is 18.5 Å². The number of rotatable bonds is 4. The van der Waals surface area contributed by atoms with Gasteiger partial charge in [-0.2, -0.15) is 0 Å². The van der Waals surface area contributed by atoms with Crippen LogP contribution >= 0.6 is 0 Å². The van der Waals surface area contributed by atoms with Gasteiger partial charge >= 0.3 is 5.97 Å². The molecule has 1 amide bonds. The molecule has 0 bridgehead atoms. The summed E-state index contributed by atoms with van der Waals surface area (Å²) >= 11 is 0. The first-order chi connectivity index (χ1) is 7.63. The van der Waals surface area contributed by atoms with Gasteiger partial charge in [-0.05, 0) is 30.7 Å². The first-order valence-electron chi connectivity index (χ1n) is 5.18. The van der Waals surface area contributed by atoms with Crippen molar-refractivity contribution in [3.8, 4) is 0 Å². The Morgan fingerprint density at radius 2 is 1.88 bits per heavy atom. The SMILES string of the molecule is CCCOC(=O)c1ccc(NC(C)=O)cc1. The summed E-state index contributed by atoms with van der Waals surface area (Å²) in [5, 5.41) is 2.62. The standard InChI is InChI=1S/C12H15NO3/c1-3-8-16-12(15)10-4-6-11(7-5-10)13-9(2)14/h4-7H,3,8H2,1-2H3,(H,13,14). The molecule has 16 heavy (non-hydrogen) atoms. The molecule has 0 radical (unpaired) electrons. The fraction of sp³-hybridized carbons (Fsp3) is 0.333. The fourth-order valence-electron chi connectivity index (χ4n) is 1.17. The zero-order valence-corrected chi connectivity index (χ0v) is 9.45. The third kappa shape index (κ3) is 3.73. The lowest BCUT2D eigenvalue weighted by Gasteiger charge is -2.04. The number of anilines is 1. The number of carbonyl (C=O) groups is 2. The molecule has 0 aliphatic carbocycles. The van der Waals surface area contributed by atoms with Crippen LogP contribution in [0.25, 0.3) is 0 Å². The van der Waals surface area contributed by atoms with Gasteiger partial charge in [-0.3, -0.25) is 4.79 Å². The number of nitrogens with one attached hydrogen (secondary N) is 1. The van der Waals surface area contributed by atoms with Crippen LogP contribution in [0.2, 0.25) is 0 Å². The highest BCUT2D eigenvalue weighted by Gasteiger charge is 2.06. The topological polar surface area (TPSA) is 55.4 Å². The molecule has 0 heterocycles. The van der Waals surface area contributed by atoms with Gasteiger partial charge in [-0.15, -0.1) is 0 Å². The number of ether oxygens (including phenoxy) is 1. The molecule has 0 fully saturated rings. The molecule has 0 saturated carbocycles. The Balaban J connectivity index is 2.63. The van der Waals surface area contributed by atoms with Gasteiger partial charge < -0.3 is 10.1 Å². The largest absolute Gasteiger partial charge is 0.462 e. The third-order valence-electron chi connectivity index (χ3n) is 1.88. The van der Waals surface area contributed by atoms with Crippen molar-refractivity contribution in [2.45, 2.75) is 20.3 Å². The Labute approximate surface area is 94.6 Å². The van der Waals surface area contributed by atoms with Gasteiger partial charge in [0, 0.05) is 12.6 Å². The molecule has 1 rings (SSSR count). The van der Waals surface area contributed by atoms with E-state index in [0.717, 1.165) is 6.42 Å². The lowest BCUT2D eigenvalue weighted by Crippen LogP contribution is -2.08. The summed E-state index contributed by atoms with van der Waals surface area (Å²) in [4.78, 5) is 22.2. The van der Waals surface area contributed by atoms with Crippen molar-refractivity contribution < 1.29 is 14.3 Å². The Bertz CT molecular complexity index is 370. The van der Waals surface area contributed by atoms with E-state index < -0.39 is 0 Å². The van der Waals surface area contributed by atoms with Crippen molar-refractivity contribution in [3.05, 3.63) is 29.8 Å². The lowest BCUT2D eigenvalue weighted by atomic mass is 10.2. The zero-order valence-electron chi connectivity index (χ0n) is 9.45. The Morgan fingerprint density at radius 3 is 2.38 bits per heavy atom. The van der Waals surface area contributed by atoms with Crippen LogP contribution in [0.3, 0.4) is 0 Å². The Morgan fingerprint density at radius 1 is 1.25 bits per heavy atom. The number of esters is 1. The van der Waals surface area contributed by atoms with Gasteiger partial charge in [0.25, 0.3) is 0 Å². The average Bonchev–Trinajstić information content (AvgIpc) is 2.26. The monoisotopic (exact) mass is 221 g/mol. The predicted octanol–water partition coefficient (Wildman–Crippen LogP) is 2.21. The molecule has 0 atom stereocenters. The van der Waals surface area contributed by atoms with E-state index in [1.165, 1.54) is 6.92 Å². The number of carbonyl (C=O) groups excluding carboxylic acids is 2. The molecule has 0 aliphatic rings. The molecule has 0 saturated heterocycles. The molecule has 1 aromatic carbocycles. The van der Waals surface area contributed by atoms with E-state index in [0.29, 0.717) is 17.9 Å². The minimum absolute atomic E-state index is 0.138. The average molecular weight is 221 g/mol. The van der Waals surface area contributed by atoms with Crippen molar-refractivity contribution >= 4 is 17.6 Å². The molecule has 0 aliphatic heterocycles. The van der Waals surface area contributed by atoms with Gasteiger partial charge in [0.1, 0.15) is 0 Å². The molecule has 0 spiro atoms. The second kappa shape index (κ2) is 5.90. The highest BCUT2D eigenvalue weighted by molar-refractivity contribution is 5.92. The number of hydrogen-bond acceptors (Lipinski definition) is 3. The molecule has 1 N–H and O–H groups in total. The second-order valence-corrected chi connectivity index (χ2v) is 3.39. The molecule has 0 aromatic heterocycles. The minimum atomic E-state index is -0.337. The highest BCUT2D eigenvalue weighted by Crippen LogP contribution is 2.10. The maximum Gasteiger partial charge on any atom is 0.338 e. The molecular formula is C12H15NO3. The summed E-state index contributed by atoms with van der Waals surface area (Å²) in [5.74, 6) is -0.475. The van der Waals surface area contributed by atoms with E-state index in [9.17, 15) is 9.59 Å². The summed E-state index contributed by atoms with van der Waals surface area (Å²) < 4.78 is 4.97. The van der Waals surface area contributed by atoms with Gasteiger partial charge in [-0.25, -0.2) is 4.79 Å². The quantitative estimate of drug-likeness (QED) is 0.793. The van der Waals surface area contributed by atoms with Crippen molar-refractivity contribution in [1.29, 1.82) is 0 Å². The van der Waals surface area contributed by atoms with Crippen molar-refractivity contribution in [3.63, 3.8) is 0 Å². The van der Waals surface area contributed by atoms with E-state index in [2.05, 4.69) is 5.32 Å². The van der Waals surface area contributed by atoms with Crippen molar-refractivity contribution in [2.75, 3.05) is 11.9 Å². The van der Waals surface area contributed by atoms with Gasteiger partial charge in [-0.1, -0.05) is 6.92 Å².